The highest BCUT2D eigenvalue weighted by Crippen LogP contribution is 2.36. The number of carbonyl (C=O) groups excluding carboxylic acids is 3. The maximum Gasteiger partial charge on any atom is 0.293 e. The first-order chi connectivity index (χ1) is 17.3. The summed E-state index contributed by atoms with van der Waals surface area (Å²) < 4.78 is 2.84. The van der Waals surface area contributed by atoms with Gasteiger partial charge in [-0.05, 0) is 79.9 Å². The van der Waals surface area contributed by atoms with Crippen LogP contribution in [0.2, 0.25) is 5.02 Å². The van der Waals surface area contributed by atoms with Crippen molar-refractivity contribution in [3.05, 3.63) is 74.2 Å². The maximum absolute atomic E-state index is 13.1. The Hall–Kier alpha value is -2.55. The van der Waals surface area contributed by atoms with Crippen LogP contribution >= 0.6 is 39.3 Å². The molecule has 0 N–H and O–H groups in total. The van der Waals surface area contributed by atoms with Crippen LogP contribution in [-0.2, 0) is 22.7 Å². The van der Waals surface area contributed by atoms with E-state index in [2.05, 4.69) is 22.9 Å². The third kappa shape index (κ3) is 5.12. The lowest BCUT2D eigenvalue weighted by molar-refractivity contribution is -0.135. The van der Waals surface area contributed by atoms with E-state index in [9.17, 15) is 14.4 Å². The van der Waals surface area contributed by atoms with Gasteiger partial charge in [-0.15, -0.1) is 0 Å². The first-order valence-corrected chi connectivity index (χ1v) is 13.9. The number of likely N-dealkylation sites (tertiary alicyclic amines) is 1. The summed E-state index contributed by atoms with van der Waals surface area (Å²) in [5, 5.41) is 1.21. The van der Waals surface area contributed by atoms with Gasteiger partial charge in [-0.25, -0.2) is 0 Å². The van der Waals surface area contributed by atoms with Crippen LogP contribution in [0.25, 0.3) is 17.0 Å². The Morgan fingerprint density at radius 3 is 2.69 bits per heavy atom. The molecule has 0 radical (unpaired) electrons. The zero-order chi connectivity index (χ0) is 25.4. The Morgan fingerprint density at radius 1 is 1.17 bits per heavy atom. The summed E-state index contributed by atoms with van der Waals surface area (Å²) in [7, 11) is 0. The van der Waals surface area contributed by atoms with Gasteiger partial charge in [-0.1, -0.05) is 39.7 Å². The van der Waals surface area contributed by atoms with Crippen LogP contribution in [0.15, 0.2) is 58.0 Å². The number of carbonyl (C=O) groups is 3. The van der Waals surface area contributed by atoms with E-state index in [0.29, 0.717) is 9.93 Å². The van der Waals surface area contributed by atoms with Crippen LogP contribution in [0, 0.1) is 0 Å². The number of hydrogen-bond acceptors (Lipinski definition) is 4. The second-order valence-electron chi connectivity index (χ2n) is 9.20. The lowest BCUT2D eigenvalue weighted by Crippen LogP contribution is -2.43. The van der Waals surface area contributed by atoms with Gasteiger partial charge in [0.05, 0.1) is 11.4 Å². The number of aromatic nitrogens is 1. The molecule has 2 aromatic carbocycles. The smallest absolute Gasteiger partial charge is 0.293 e. The predicted molar refractivity (Wildman–Crippen MR) is 148 cm³/mol. The first-order valence-electron chi connectivity index (χ1n) is 11.9. The van der Waals surface area contributed by atoms with Gasteiger partial charge in [0.15, 0.2) is 0 Å². The Bertz CT molecular complexity index is 1380. The molecule has 2 aliphatic rings. The van der Waals surface area contributed by atoms with Crippen molar-refractivity contribution in [2.45, 2.75) is 45.3 Å². The van der Waals surface area contributed by atoms with E-state index in [4.69, 9.17) is 11.6 Å². The minimum atomic E-state index is -0.325. The molecule has 36 heavy (non-hydrogen) atoms. The number of imide groups is 1. The largest absolute Gasteiger partial charge is 0.338 e. The molecule has 3 amide bonds. The summed E-state index contributed by atoms with van der Waals surface area (Å²) >= 11 is 10.4. The first kappa shape index (κ1) is 25.1. The Balaban J connectivity index is 1.43. The lowest BCUT2D eigenvalue weighted by Gasteiger charge is -2.33. The molecule has 1 atom stereocenters. The van der Waals surface area contributed by atoms with Crippen LogP contribution in [0.3, 0.4) is 0 Å². The fourth-order valence-corrected chi connectivity index (χ4v) is 6.11. The summed E-state index contributed by atoms with van der Waals surface area (Å²) in [4.78, 5) is 42.5. The van der Waals surface area contributed by atoms with Crippen LogP contribution in [-0.4, -0.2) is 44.0 Å². The highest BCUT2D eigenvalue weighted by atomic mass is 79.9. The molecular formula is C27H25BrClN3O3S. The second kappa shape index (κ2) is 10.4. The fraction of sp³-hybridized carbons (Fsp3) is 0.296. The van der Waals surface area contributed by atoms with Gasteiger partial charge in [-0.2, -0.15) is 0 Å². The highest BCUT2D eigenvalue weighted by Gasteiger charge is 2.35. The van der Waals surface area contributed by atoms with Crippen molar-refractivity contribution >= 4 is 73.3 Å². The number of amides is 3. The summed E-state index contributed by atoms with van der Waals surface area (Å²) in [5.74, 6) is -0.231. The Labute approximate surface area is 227 Å². The molecule has 2 aliphatic heterocycles. The fourth-order valence-electron chi connectivity index (χ4n) is 4.80. The van der Waals surface area contributed by atoms with Gasteiger partial charge in [0.2, 0.25) is 5.91 Å². The number of piperidine rings is 1. The Kier molecular flexibility index (Phi) is 7.28. The van der Waals surface area contributed by atoms with Crippen LogP contribution in [0.1, 0.15) is 37.3 Å². The monoisotopic (exact) mass is 585 g/mol. The third-order valence-electron chi connectivity index (χ3n) is 6.72. The molecule has 0 aliphatic carbocycles. The van der Waals surface area contributed by atoms with Crippen molar-refractivity contribution in [3.63, 3.8) is 0 Å². The van der Waals surface area contributed by atoms with E-state index in [1.165, 1.54) is 4.90 Å². The molecule has 5 rings (SSSR count). The molecule has 186 valence electrons. The highest BCUT2D eigenvalue weighted by molar-refractivity contribution is 9.10. The number of fused-ring (bicyclic) bond motifs is 1. The number of hydrogen-bond donors (Lipinski definition) is 0. The van der Waals surface area contributed by atoms with Crippen molar-refractivity contribution in [2.75, 3.05) is 6.54 Å². The molecule has 3 heterocycles. The minimum absolute atomic E-state index is 0.0943. The molecule has 6 nitrogen and oxygen atoms in total. The molecule has 0 bridgehead atoms. The van der Waals surface area contributed by atoms with E-state index in [-0.39, 0.29) is 36.2 Å². The molecular weight excluding hydrogens is 562 g/mol. The maximum atomic E-state index is 13.1. The molecule has 0 unspecified atom stereocenters. The zero-order valence-electron chi connectivity index (χ0n) is 19.7. The summed E-state index contributed by atoms with van der Waals surface area (Å²) in [5.41, 5.74) is 2.53. The van der Waals surface area contributed by atoms with Crippen molar-refractivity contribution in [3.8, 4) is 0 Å². The van der Waals surface area contributed by atoms with Crippen molar-refractivity contribution < 1.29 is 14.4 Å². The van der Waals surface area contributed by atoms with Gasteiger partial charge in [0.25, 0.3) is 11.1 Å². The van der Waals surface area contributed by atoms with Gasteiger partial charge >= 0.3 is 0 Å². The van der Waals surface area contributed by atoms with Crippen molar-refractivity contribution in [1.29, 1.82) is 0 Å². The van der Waals surface area contributed by atoms with E-state index in [0.717, 1.165) is 64.1 Å². The number of rotatable bonds is 5. The molecule has 2 saturated heterocycles. The topological polar surface area (TPSA) is 62.6 Å². The molecule has 1 aromatic heterocycles. The lowest BCUT2D eigenvalue weighted by atomic mass is 10.0. The molecule has 0 saturated carbocycles. The van der Waals surface area contributed by atoms with Gasteiger partial charge < -0.3 is 9.47 Å². The second-order valence-corrected chi connectivity index (χ2v) is 11.5. The van der Waals surface area contributed by atoms with E-state index >= 15 is 0 Å². The summed E-state index contributed by atoms with van der Waals surface area (Å²) in [6.07, 6.45) is 6.88. The zero-order valence-corrected chi connectivity index (χ0v) is 22.9. The Morgan fingerprint density at radius 2 is 1.94 bits per heavy atom. The van der Waals surface area contributed by atoms with E-state index < -0.39 is 0 Å². The minimum Gasteiger partial charge on any atom is -0.338 e. The molecule has 2 fully saturated rings. The quantitative estimate of drug-likeness (QED) is 0.312. The van der Waals surface area contributed by atoms with Crippen LogP contribution < -0.4 is 0 Å². The van der Waals surface area contributed by atoms with Crippen LogP contribution in [0.5, 0.6) is 0 Å². The summed E-state index contributed by atoms with van der Waals surface area (Å²) in [6, 6.07) is 13.2. The molecule has 9 heteroatoms. The predicted octanol–water partition coefficient (Wildman–Crippen LogP) is 6.69. The average Bonchev–Trinajstić information content (AvgIpc) is 3.31. The SMILES string of the molecule is C[C@H]1CCCCN1C(=O)Cn1cc(/C=C2\SC(=O)N(Cc3ccc(Cl)cc3)C2=O)c2cc(Br)ccc21. The average molecular weight is 587 g/mol. The van der Waals surface area contributed by atoms with E-state index in [1.807, 2.05) is 33.9 Å². The van der Waals surface area contributed by atoms with Gasteiger partial charge in [-0.3, -0.25) is 19.3 Å². The number of thioether (sulfide) groups is 1. The normalized spacial score (nSPS) is 19.6. The van der Waals surface area contributed by atoms with E-state index in [1.54, 1.807) is 30.3 Å². The number of nitrogens with zero attached hydrogens (tertiary/aromatic N) is 3. The van der Waals surface area contributed by atoms with Gasteiger partial charge in [0, 0.05) is 44.7 Å². The third-order valence-corrected chi connectivity index (χ3v) is 8.37. The summed E-state index contributed by atoms with van der Waals surface area (Å²) in [6.45, 7) is 3.31. The molecule has 3 aromatic rings. The standard InChI is InChI=1S/C27H25BrClN3O3S/c1-17-4-2-3-11-31(17)25(33)16-30-15-19(22-13-20(28)7-10-23(22)30)12-24-26(34)32(27(35)36-24)14-18-5-8-21(29)9-6-18/h5-10,12-13,15,17H,2-4,11,14,16H2,1H3/b24-12-/t17-/m0/s1. The van der Waals surface area contributed by atoms with Crippen molar-refractivity contribution in [1.82, 2.24) is 14.4 Å². The number of halogens is 2. The van der Waals surface area contributed by atoms with Gasteiger partial charge in [0.1, 0.15) is 6.54 Å². The van der Waals surface area contributed by atoms with Crippen molar-refractivity contribution in [2.24, 2.45) is 0 Å². The molecule has 0 spiro atoms. The number of benzene rings is 2. The van der Waals surface area contributed by atoms with Crippen LogP contribution in [0.4, 0.5) is 4.79 Å².